The zero-order valence-electron chi connectivity index (χ0n) is 8.70. The number of aliphatic hydroxyl groups excluding tert-OH is 1. The molecule has 1 aromatic carbocycles. The first-order chi connectivity index (χ1) is 7.27. The monoisotopic (exact) mass is 246 g/mol. The van der Waals surface area contributed by atoms with Gasteiger partial charge in [-0.3, -0.25) is 0 Å². The highest BCUT2D eigenvalue weighted by Gasteiger charge is 2.01. The van der Waals surface area contributed by atoms with Crippen molar-refractivity contribution in [1.82, 2.24) is 0 Å². The van der Waals surface area contributed by atoms with Gasteiger partial charge in [0.25, 0.3) is 0 Å². The molecule has 4 heteroatoms. The molecular weight excluding hydrogens is 232 g/mol. The minimum Gasteiger partial charge on any atom is -0.392 e. The van der Waals surface area contributed by atoms with Gasteiger partial charge in [0.1, 0.15) is 0 Å². The Bertz CT molecular complexity index is 305. The first-order valence-corrected chi connectivity index (χ1v) is 6.15. The highest BCUT2D eigenvalue weighted by Crippen LogP contribution is 2.25. The van der Waals surface area contributed by atoms with Crippen molar-refractivity contribution >= 4 is 23.4 Å². The third-order valence-corrected chi connectivity index (χ3v) is 3.39. The molecule has 0 aromatic heterocycles. The average Bonchev–Trinajstić information content (AvgIpc) is 2.25. The Balaban J connectivity index is 2.45. The standard InChI is InChI=1S/C11H15ClO2S/c1-14-5-2-6-15-10-4-3-9(8-13)11(12)7-10/h3-4,7,13H,2,5-6,8H2,1H3. The number of rotatable bonds is 6. The topological polar surface area (TPSA) is 29.5 Å². The van der Waals surface area contributed by atoms with Gasteiger partial charge in [-0.2, -0.15) is 0 Å². The van der Waals surface area contributed by atoms with Crippen molar-refractivity contribution in [2.45, 2.75) is 17.9 Å². The second-order valence-corrected chi connectivity index (χ2v) is 4.68. The summed E-state index contributed by atoms with van der Waals surface area (Å²) < 4.78 is 4.97. The van der Waals surface area contributed by atoms with Crippen molar-refractivity contribution in [3.8, 4) is 0 Å². The summed E-state index contributed by atoms with van der Waals surface area (Å²) in [5.74, 6) is 1.02. The second-order valence-electron chi connectivity index (χ2n) is 3.11. The molecule has 84 valence electrons. The largest absolute Gasteiger partial charge is 0.392 e. The molecule has 1 rings (SSSR count). The summed E-state index contributed by atoms with van der Waals surface area (Å²) in [6.07, 6.45) is 1.03. The van der Waals surface area contributed by atoms with Gasteiger partial charge in [0.05, 0.1) is 6.61 Å². The van der Waals surface area contributed by atoms with Crippen LogP contribution in [0.1, 0.15) is 12.0 Å². The number of hydrogen-bond donors (Lipinski definition) is 1. The molecule has 2 nitrogen and oxygen atoms in total. The van der Waals surface area contributed by atoms with Gasteiger partial charge in [-0.25, -0.2) is 0 Å². The molecule has 0 radical (unpaired) electrons. The van der Waals surface area contributed by atoms with Gasteiger partial charge in [-0.1, -0.05) is 17.7 Å². The number of methoxy groups -OCH3 is 1. The fraction of sp³-hybridized carbons (Fsp3) is 0.455. The van der Waals surface area contributed by atoms with Crippen molar-refractivity contribution in [3.05, 3.63) is 28.8 Å². The summed E-state index contributed by atoms with van der Waals surface area (Å²) in [5.41, 5.74) is 0.776. The minimum atomic E-state index is -0.00649. The minimum absolute atomic E-state index is 0.00649. The van der Waals surface area contributed by atoms with Crippen LogP contribution in [0.25, 0.3) is 0 Å². The van der Waals surface area contributed by atoms with E-state index in [1.54, 1.807) is 18.9 Å². The number of halogens is 1. The summed E-state index contributed by atoms with van der Waals surface area (Å²) in [6.45, 7) is 0.781. The summed E-state index contributed by atoms with van der Waals surface area (Å²) >= 11 is 7.72. The maximum Gasteiger partial charge on any atom is 0.0696 e. The summed E-state index contributed by atoms with van der Waals surface area (Å²) in [4.78, 5) is 1.13. The van der Waals surface area contributed by atoms with E-state index in [-0.39, 0.29) is 6.61 Å². The lowest BCUT2D eigenvalue weighted by atomic mass is 10.2. The molecule has 0 aliphatic carbocycles. The van der Waals surface area contributed by atoms with Crippen LogP contribution >= 0.6 is 23.4 Å². The van der Waals surface area contributed by atoms with Crippen LogP contribution in [-0.4, -0.2) is 24.6 Å². The number of aliphatic hydroxyl groups is 1. The van der Waals surface area contributed by atoms with E-state index in [0.29, 0.717) is 5.02 Å². The third kappa shape index (κ3) is 4.43. The SMILES string of the molecule is COCCCSc1ccc(CO)c(Cl)c1. The van der Waals surface area contributed by atoms with Gasteiger partial charge < -0.3 is 9.84 Å². The fourth-order valence-electron chi connectivity index (χ4n) is 1.14. The van der Waals surface area contributed by atoms with Crippen molar-refractivity contribution in [3.63, 3.8) is 0 Å². The molecule has 15 heavy (non-hydrogen) atoms. The fourth-order valence-corrected chi connectivity index (χ4v) is 2.31. The first kappa shape index (κ1) is 12.8. The maximum atomic E-state index is 8.95. The molecular formula is C11H15ClO2S. The lowest BCUT2D eigenvalue weighted by Gasteiger charge is -2.04. The molecule has 0 heterocycles. The molecule has 1 aromatic rings. The maximum absolute atomic E-state index is 8.95. The smallest absolute Gasteiger partial charge is 0.0696 e. The van der Waals surface area contributed by atoms with Crippen LogP contribution in [0.2, 0.25) is 5.02 Å². The zero-order valence-corrected chi connectivity index (χ0v) is 10.3. The Labute approximate surface area is 99.6 Å². The van der Waals surface area contributed by atoms with Crippen molar-refractivity contribution < 1.29 is 9.84 Å². The Morgan fingerprint density at radius 1 is 1.47 bits per heavy atom. The molecule has 0 aliphatic heterocycles. The van der Waals surface area contributed by atoms with E-state index in [1.165, 1.54) is 0 Å². The molecule has 0 fully saturated rings. The summed E-state index contributed by atoms with van der Waals surface area (Å²) in [5, 5.41) is 9.58. The first-order valence-electron chi connectivity index (χ1n) is 4.79. The molecule has 0 saturated carbocycles. The van der Waals surface area contributed by atoms with E-state index < -0.39 is 0 Å². The van der Waals surface area contributed by atoms with Crippen molar-refractivity contribution in [2.24, 2.45) is 0 Å². The number of hydrogen-bond acceptors (Lipinski definition) is 3. The van der Waals surface area contributed by atoms with Crippen LogP contribution in [0.4, 0.5) is 0 Å². The second kappa shape index (κ2) is 7.12. The molecule has 0 aliphatic rings. The van der Waals surface area contributed by atoms with Gasteiger partial charge in [0.2, 0.25) is 0 Å². The Morgan fingerprint density at radius 2 is 2.27 bits per heavy atom. The Hall–Kier alpha value is -0.220. The normalized spacial score (nSPS) is 10.6. The van der Waals surface area contributed by atoms with Gasteiger partial charge >= 0.3 is 0 Å². The highest BCUT2D eigenvalue weighted by atomic mass is 35.5. The molecule has 0 atom stereocenters. The number of thioether (sulfide) groups is 1. The molecule has 0 spiro atoms. The number of benzene rings is 1. The predicted molar refractivity (Wildman–Crippen MR) is 64.6 cm³/mol. The van der Waals surface area contributed by atoms with E-state index >= 15 is 0 Å². The van der Waals surface area contributed by atoms with Gasteiger partial charge in [0.15, 0.2) is 0 Å². The zero-order chi connectivity index (χ0) is 11.1. The lowest BCUT2D eigenvalue weighted by Crippen LogP contribution is -1.90. The van der Waals surface area contributed by atoms with Crippen LogP contribution in [0.5, 0.6) is 0 Å². The van der Waals surface area contributed by atoms with E-state index in [2.05, 4.69) is 0 Å². The van der Waals surface area contributed by atoms with E-state index in [4.69, 9.17) is 21.4 Å². The quantitative estimate of drug-likeness (QED) is 0.618. The van der Waals surface area contributed by atoms with Crippen molar-refractivity contribution in [2.75, 3.05) is 19.5 Å². The van der Waals surface area contributed by atoms with Crippen LogP contribution in [0.15, 0.2) is 23.1 Å². The highest BCUT2D eigenvalue weighted by molar-refractivity contribution is 7.99. The molecule has 0 saturated heterocycles. The van der Waals surface area contributed by atoms with E-state index in [9.17, 15) is 0 Å². The van der Waals surface area contributed by atoms with Crippen LogP contribution < -0.4 is 0 Å². The molecule has 0 bridgehead atoms. The molecule has 0 amide bonds. The van der Waals surface area contributed by atoms with E-state index in [0.717, 1.165) is 29.2 Å². The predicted octanol–water partition coefficient (Wildman–Crippen LogP) is 2.96. The molecule has 1 N–H and O–H groups in total. The average molecular weight is 247 g/mol. The van der Waals surface area contributed by atoms with Crippen LogP contribution in [0, 0.1) is 0 Å². The summed E-state index contributed by atoms with van der Waals surface area (Å²) in [6, 6.07) is 5.74. The summed E-state index contributed by atoms with van der Waals surface area (Å²) in [7, 11) is 1.71. The number of ether oxygens (including phenoxy) is 1. The molecule has 0 unspecified atom stereocenters. The van der Waals surface area contributed by atoms with E-state index in [1.807, 2.05) is 18.2 Å². The van der Waals surface area contributed by atoms with Gasteiger partial charge in [-0.05, 0) is 24.1 Å². The van der Waals surface area contributed by atoms with Crippen molar-refractivity contribution in [1.29, 1.82) is 0 Å². The van der Waals surface area contributed by atoms with Gasteiger partial charge in [-0.15, -0.1) is 11.8 Å². The third-order valence-electron chi connectivity index (χ3n) is 1.96. The van der Waals surface area contributed by atoms with Crippen LogP contribution in [0.3, 0.4) is 0 Å². The lowest BCUT2D eigenvalue weighted by molar-refractivity contribution is 0.200. The Kier molecular flexibility index (Phi) is 6.10. The Morgan fingerprint density at radius 3 is 2.87 bits per heavy atom. The van der Waals surface area contributed by atoms with Crippen LogP contribution in [-0.2, 0) is 11.3 Å². The van der Waals surface area contributed by atoms with Gasteiger partial charge in [0, 0.05) is 29.4 Å².